The van der Waals surface area contributed by atoms with Gasteiger partial charge >= 0.3 is 0 Å². The number of pyridine rings is 1. The van der Waals surface area contributed by atoms with Gasteiger partial charge in [-0.1, -0.05) is 0 Å². The Bertz CT molecular complexity index is 693. The van der Waals surface area contributed by atoms with E-state index in [9.17, 15) is 19.3 Å². The lowest BCUT2D eigenvalue weighted by molar-refractivity contribution is -0.385. The van der Waals surface area contributed by atoms with Crippen LogP contribution in [0.4, 0.5) is 15.8 Å². The zero-order valence-corrected chi connectivity index (χ0v) is 11.4. The van der Waals surface area contributed by atoms with Crippen molar-refractivity contribution >= 4 is 33.2 Å². The van der Waals surface area contributed by atoms with E-state index >= 15 is 0 Å². The van der Waals surface area contributed by atoms with E-state index in [0.717, 1.165) is 18.2 Å². The maximum atomic E-state index is 13.3. The SMILES string of the molecule is O=C(Nc1cccnc1Br)c1cc(F)cc([N+](=O)[O-])c1. The van der Waals surface area contributed by atoms with Crippen molar-refractivity contribution in [3.05, 3.63) is 62.6 Å². The number of carbonyl (C=O) groups is 1. The van der Waals surface area contributed by atoms with Gasteiger partial charge in [-0.3, -0.25) is 14.9 Å². The molecule has 0 saturated carbocycles. The number of nitro groups is 1. The smallest absolute Gasteiger partial charge is 0.273 e. The van der Waals surface area contributed by atoms with Gasteiger partial charge in [-0.15, -0.1) is 0 Å². The maximum absolute atomic E-state index is 13.3. The second kappa shape index (κ2) is 5.74. The Hall–Kier alpha value is -2.35. The van der Waals surface area contributed by atoms with Crippen molar-refractivity contribution in [1.29, 1.82) is 0 Å². The number of nitro benzene ring substituents is 1. The van der Waals surface area contributed by atoms with E-state index in [4.69, 9.17) is 0 Å². The van der Waals surface area contributed by atoms with Crippen molar-refractivity contribution < 1.29 is 14.1 Å². The Morgan fingerprint density at radius 3 is 2.80 bits per heavy atom. The van der Waals surface area contributed by atoms with Crippen LogP contribution in [0, 0.1) is 15.9 Å². The fourth-order valence-electron chi connectivity index (χ4n) is 1.48. The topological polar surface area (TPSA) is 85.1 Å². The van der Waals surface area contributed by atoms with Crippen LogP contribution in [0.1, 0.15) is 10.4 Å². The summed E-state index contributed by atoms with van der Waals surface area (Å²) in [5, 5.41) is 13.1. The number of amides is 1. The minimum atomic E-state index is -0.852. The van der Waals surface area contributed by atoms with E-state index in [0.29, 0.717) is 10.3 Å². The highest BCUT2D eigenvalue weighted by molar-refractivity contribution is 9.10. The third kappa shape index (κ3) is 3.15. The average molecular weight is 340 g/mol. The molecule has 1 N–H and O–H groups in total. The highest BCUT2D eigenvalue weighted by Crippen LogP contribution is 2.21. The first-order chi connectivity index (χ1) is 9.47. The highest BCUT2D eigenvalue weighted by Gasteiger charge is 2.15. The maximum Gasteiger partial charge on any atom is 0.273 e. The van der Waals surface area contributed by atoms with Gasteiger partial charge in [0.15, 0.2) is 0 Å². The Balaban J connectivity index is 2.30. The molecule has 0 unspecified atom stereocenters. The largest absolute Gasteiger partial charge is 0.320 e. The number of hydrogen-bond donors (Lipinski definition) is 1. The van der Waals surface area contributed by atoms with Gasteiger partial charge in [-0.25, -0.2) is 9.37 Å². The quantitative estimate of drug-likeness (QED) is 0.528. The molecular weight excluding hydrogens is 333 g/mol. The van der Waals surface area contributed by atoms with E-state index in [1.165, 1.54) is 6.20 Å². The van der Waals surface area contributed by atoms with Gasteiger partial charge in [-0.2, -0.15) is 0 Å². The van der Waals surface area contributed by atoms with Gasteiger partial charge in [-0.05, 0) is 34.1 Å². The lowest BCUT2D eigenvalue weighted by atomic mass is 10.2. The summed E-state index contributed by atoms with van der Waals surface area (Å²) in [5.41, 5.74) is -0.253. The molecule has 0 spiro atoms. The number of rotatable bonds is 3. The van der Waals surface area contributed by atoms with E-state index in [2.05, 4.69) is 26.2 Å². The molecule has 0 saturated heterocycles. The molecule has 0 fully saturated rings. The van der Waals surface area contributed by atoms with Crippen molar-refractivity contribution in [3.63, 3.8) is 0 Å². The minimum absolute atomic E-state index is 0.146. The van der Waals surface area contributed by atoms with Gasteiger partial charge in [0.05, 0.1) is 16.7 Å². The Labute approximate surface area is 120 Å². The number of nitrogens with zero attached hydrogens (tertiary/aromatic N) is 2. The second-order valence-corrected chi connectivity index (χ2v) is 4.50. The zero-order valence-electron chi connectivity index (χ0n) is 9.84. The number of benzene rings is 1. The van der Waals surface area contributed by atoms with E-state index in [1.54, 1.807) is 12.1 Å². The van der Waals surface area contributed by atoms with Gasteiger partial charge in [0.25, 0.3) is 11.6 Å². The molecule has 1 aromatic heterocycles. The predicted molar refractivity (Wildman–Crippen MR) is 72.9 cm³/mol. The molecule has 0 aliphatic rings. The molecule has 2 aromatic rings. The molecule has 0 bridgehead atoms. The summed E-state index contributed by atoms with van der Waals surface area (Å²) >= 11 is 3.14. The zero-order chi connectivity index (χ0) is 14.7. The van der Waals surface area contributed by atoms with Crippen LogP contribution in [0.3, 0.4) is 0 Å². The number of aromatic nitrogens is 1. The van der Waals surface area contributed by atoms with Gasteiger partial charge < -0.3 is 5.32 Å². The van der Waals surface area contributed by atoms with Gasteiger partial charge in [0.2, 0.25) is 0 Å². The molecule has 0 atom stereocenters. The number of halogens is 2. The van der Waals surface area contributed by atoms with E-state index < -0.39 is 22.3 Å². The standard InChI is InChI=1S/C12H7BrFN3O3/c13-11-10(2-1-3-15-11)16-12(18)7-4-8(14)6-9(5-7)17(19)20/h1-6H,(H,16,18). The highest BCUT2D eigenvalue weighted by atomic mass is 79.9. The average Bonchev–Trinajstić information content (AvgIpc) is 2.40. The first-order valence-corrected chi connectivity index (χ1v) is 6.13. The molecule has 2 rings (SSSR count). The molecule has 20 heavy (non-hydrogen) atoms. The summed E-state index contributed by atoms with van der Waals surface area (Å²) in [6.07, 6.45) is 1.52. The molecule has 1 amide bonds. The lowest BCUT2D eigenvalue weighted by Gasteiger charge is -2.06. The van der Waals surface area contributed by atoms with Crippen molar-refractivity contribution in [2.45, 2.75) is 0 Å². The van der Waals surface area contributed by atoms with Crippen molar-refractivity contribution in [2.24, 2.45) is 0 Å². The molecule has 1 heterocycles. The van der Waals surface area contributed by atoms with Gasteiger partial charge in [0, 0.05) is 17.8 Å². The summed E-state index contributed by atoms with van der Waals surface area (Å²) < 4.78 is 13.7. The number of non-ortho nitro benzene ring substituents is 1. The molecule has 6 nitrogen and oxygen atoms in total. The van der Waals surface area contributed by atoms with Crippen LogP contribution in [0.15, 0.2) is 41.1 Å². The second-order valence-electron chi connectivity index (χ2n) is 3.75. The third-order valence-corrected chi connectivity index (χ3v) is 2.99. The fraction of sp³-hybridized carbons (Fsp3) is 0. The fourth-order valence-corrected chi connectivity index (χ4v) is 1.83. The summed E-state index contributed by atoms with van der Waals surface area (Å²) in [5.74, 6) is -1.52. The van der Waals surface area contributed by atoms with Crippen LogP contribution in [-0.4, -0.2) is 15.8 Å². The lowest BCUT2D eigenvalue weighted by Crippen LogP contribution is -2.13. The van der Waals surface area contributed by atoms with Crippen LogP contribution < -0.4 is 5.32 Å². The van der Waals surface area contributed by atoms with E-state index in [-0.39, 0.29) is 5.56 Å². The Morgan fingerprint density at radius 1 is 1.40 bits per heavy atom. The molecule has 1 aromatic carbocycles. The van der Waals surface area contributed by atoms with Crippen molar-refractivity contribution in [1.82, 2.24) is 4.98 Å². The molecule has 102 valence electrons. The van der Waals surface area contributed by atoms with Crippen LogP contribution >= 0.6 is 15.9 Å². The van der Waals surface area contributed by atoms with Crippen LogP contribution in [0.5, 0.6) is 0 Å². The van der Waals surface area contributed by atoms with E-state index in [1.807, 2.05) is 0 Å². The third-order valence-electron chi connectivity index (χ3n) is 2.36. The first-order valence-electron chi connectivity index (χ1n) is 5.34. The summed E-state index contributed by atoms with van der Waals surface area (Å²) in [4.78, 5) is 25.7. The van der Waals surface area contributed by atoms with Gasteiger partial charge in [0.1, 0.15) is 10.4 Å². The Morgan fingerprint density at radius 2 is 2.15 bits per heavy atom. The van der Waals surface area contributed by atoms with Crippen LogP contribution in [0.2, 0.25) is 0 Å². The normalized spacial score (nSPS) is 10.1. The molecule has 8 heteroatoms. The van der Waals surface area contributed by atoms with Crippen LogP contribution in [0.25, 0.3) is 0 Å². The molecule has 0 aliphatic carbocycles. The van der Waals surface area contributed by atoms with Crippen molar-refractivity contribution in [3.8, 4) is 0 Å². The summed E-state index contributed by atoms with van der Waals surface area (Å²) in [6.45, 7) is 0. The first kappa shape index (κ1) is 14.1. The number of carbonyl (C=O) groups excluding carboxylic acids is 1. The van der Waals surface area contributed by atoms with Crippen molar-refractivity contribution in [2.75, 3.05) is 5.32 Å². The Kier molecular flexibility index (Phi) is 4.04. The minimum Gasteiger partial charge on any atom is -0.320 e. The summed E-state index contributed by atoms with van der Waals surface area (Å²) in [7, 11) is 0. The number of anilines is 1. The predicted octanol–water partition coefficient (Wildman–Crippen LogP) is 3.14. The number of hydrogen-bond acceptors (Lipinski definition) is 4. The molecular formula is C12H7BrFN3O3. The van der Waals surface area contributed by atoms with Crippen LogP contribution in [-0.2, 0) is 0 Å². The summed E-state index contributed by atoms with van der Waals surface area (Å²) in [6, 6.07) is 5.86. The molecule has 0 aliphatic heterocycles. The monoisotopic (exact) mass is 339 g/mol. The number of nitrogens with one attached hydrogen (secondary N) is 1. The molecule has 0 radical (unpaired) electrons.